The quantitative estimate of drug-likeness (QED) is 0.798. The van der Waals surface area contributed by atoms with Crippen molar-refractivity contribution in [1.29, 1.82) is 0 Å². The number of hydrogen-bond donors (Lipinski definition) is 1. The van der Waals surface area contributed by atoms with Crippen molar-refractivity contribution in [3.63, 3.8) is 0 Å². The maximum atomic E-state index is 5.27. The summed E-state index contributed by atoms with van der Waals surface area (Å²) in [6.07, 6.45) is 4.80. The Morgan fingerprint density at radius 2 is 2.29 bits per heavy atom. The zero-order valence-electron chi connectivity index (χ0n) is 13.8. The van der Waals surface area contributed by atoms with Gasteiger partial charge in [-0.15, -0.1) is 11.3 Å². The molecule has 1 N–H and O–H groups in total. The lowest BCUT2D eigenvalue weighted by Crippen LogP contribution is -2.35. The van der Waals surface area contributed by atoms with Crippen LogP contribution in [-0.2, 0) is 11.2 Å². The molecule has 120 valence electrons. The average Bonchev–Trinajstić information content (AvgIpc) is 2.92. The van der Waals surface area contributed by atoms with Gasteiger partial charge < -0.3 is 15.0 Å². The van der Waals surface area contributed by atoms with Gasteiger partial charge in [0.25, 0.3) is 0 Å². The van der Waals surface area contributed by atoms with Crippen molar-refractivity contribution in [3.8, 4) is 0 Å². The molecule has 5 heteroatoms. The van der Waals surface area contributed by atoms with Crippen molar-refractivity contribution in [2.75, 3.05) is 31.7 Å². The number of methoxy groups -OCH3 is 1. The van der Waals surface area contributed by atoms with Crippen molar-refractivity contribution in [3.05, 3.63) is 10.6 Å². The highest BCUT2D eigenvalue weighted by atomic mass is 32.1. The Labute approximate surface area is 132 Å². The normalized spacial score (nSPS) is 19.3. The molecule has 2 atom stereocenters. The molecule has 1 aliphatic carbocycles. The SMILES string of the molecule is CCNC1CCCc2sc(N(CCOC)C(C)CC)nc21. The van der Waals surface area contributed by atoms with Crippen molar-refractivity contribution >= 4 is 16.5 Å². The Morgan fingerprint density at radius 3 is 2.95 bits per heavy atom. The number of aromatic nitrogens is 1. The van der Waals surface area contributed by atoms with Crippen LogP contribution in [0, 0.1) is 0 Å². The van der Waals surface area contributed by atoms with Gasteiger partial charge in [-0.05, 0) is 39.2 Å². The van der Waals surface area contributed by atoms with Crippen LogP contribution >= 0.6 is 11.3 Å². The number of nitrogens with zero attached hydrogens (tertiary/aromatic N) is 2. The molecule has 0 spiro atoms. The molecule has 0 radical (unpaired) electrons. The lowest BCUT2D eigenvalue weighted by Gasteiger charge is -2.27. The van der Waals surface area contributed by atoms with Gasteiger partial charge in [0, 0.05) is 24.6 Å². The maximum Gasteiger partial charge on any atom is 0.186 e. The van der Waals surface area contributed by atoms with Crippen LogP contribution in [0.3, 0.4) is 0 Å². The third kappa shape index (κ3) is 3.96. The Morgan fingerprint density at radius 1 is 1.48 bits per heavy atom. The summed E-state index contributed by atoms with van der Waals surface area (Å²) >= 11 is 1.89. The van der Waals surface area contributed by atoms with E-state index in [0.29, 0.717) is 12.1 Å². The van der Waals surface area contributed by atoms with Gasteiger partial charge in [0.1, 0.15) is 0 Å². The number of fused-ring (bicyclic) bond motifs is 1. The first kappa shape index (κ1) is 16.7. The lowest BCUT2D eigenvalue weighted by molar-refractivity contribution is 0.203. The molecule has 4 nitrogen and oxygen atoms in total. The second-order valence-corrected chi connectivity index (χ2v) is 6.81. The van der Waals surface area contributed by atoms with Crippen LogP contribution in [0.25, 0.3) is 0 Å². The van der Waals surface area contributed by atoms with Gasteiger partial charge in [-0.3, -0.25) is 0 Å². The summed E-state index contributed by atoms with van der Waals surface area (Å²) in [5.41, 5.74) is 1.30. The monoisotopic (exact) mass is 311 g/mol. The number of hydrogen-bond acceptors (Lipinski definition) is 5. The van der Waals surface area contributed by atoms with Crippen molar-refractivity contribution in [2.45, 2.75) is 58.5 Å². The first-order valence-corrected chi connectivity index (χ1v) is 9.01. The van der Waals surface area contributed by atoms with Crippen LogP contribution in [0.5, 0.6) is 0 Å². The smallest absolute Gasteiger partial charge is 0.186 e. The molecule has 2 rings (SSSR count). The van der Waals surface area contributed by atoms with E-state index in [-0.39, 0.29) is 0 Å². The minimum atomic E-state index is 0.449. The molecular formula is C16H29N3OS. The second-order valence-electron chi connectivity index (χ2n) is 5.75. The van der Waals surface area contributed by atoms with E-state index in [9.17, 15) is 0 Å². The van der Waals surface area contributed by atoms with E-state index in [1.165, 1.54) is 35.0 Å². The fourth-order valence-electron chi connectivity index (χ4n) is 2.89. The fraction of sp³-hybridized carbons (Fsp3) is 0.812. The third-order valence-electron chi connectivity index (χ3n) is 4.30. The molecule has 1 aromatic rings. The Kier molecular flexibility index (Phi) is 6.45. The van der Waals surface area contributed by atoms with Gasteiger partial charge in [-0.1, -0.05) is 13.8 Å². The standard InChI is InChI=1S/C16H29N3OS/c1-5-12(3)19(10-11-20-4)16-18-15-13(17-6-2)8-7-9-14(15)21-16/h12-13,17H,5-11H2,1-4H3. The Hall–Kier alpha value is -0.650. The van der Waals surface area contributed by atoms with Gasteiger partial charge in [-0.25, -0.2) is 4.98 Å². The van der Waals surface area contributed by atoms with Crippen molar-refractivity contribution < 1.29 is 4.74 Å². The molecule has 0 bridgehead atoms. The maximum absolute atomic E-state index is 5.27. The average molecular weight is 311 g/mol. The molecule has 1 heterocycles. The van der Waals surface area contributed by atoms with Crippen LogP contribution in [-0.4, -0.2) is 37.8 Å². The summed E-state index contributed by atoms with van der Waals surface area (Å²) in [6, 6.07) is 0.954. The summed E-state index contributed by atoms with van der Waals surface area (Å²) in [5.74, 6) is 0. The first-order chi connectivity index (χ1) is 10.2. The summed E-state index contributed by atoms with van der Waals surface area (Å²) in [6.45, 7) is 9.37. The highest BCUT2D eigenvalue weighted by molar-refractivity contribution is 7.15. The highest BCUT2D eigenvalue weighted by Gasteiger charge is 2.26. The topological polar surface area (TPSA) is 37.4 Å². The van der Waals surface area contributed by atoms with Crippen LogP contribution in [0.4, 0.5) is 5.13 Å². The van der Waals surface area contributed by atoms with Gasteiger partial charge in [0.2, 0.25) is 0 Å². The first-order valence-electron chi connectivity index (χ1n) is 8.19. The van der Waals surface area contributed by atoms with E-state index in [2.05, 4.69) is 31.0 Å². The summed E-state index contributed by atoms with van der Waals surface area (Å²) in [7, 11) is 1.77. The Balaban J connectivity index is 2.21. The van der Waals surface area contributed by atoms with E-state index >= 15 is 0 Å². The van der Waals surface area contributed by atoms with Gasteiger partial charge >= 0.3 is 0 Å². The predicted molar refractivity (Wildman–Crippen MR) is 90.4 cm³/mol. The van der Waals surface area contributed by atoms with Crippen molar-refractivity contribution in [2.24, 2.45) is 0 Å². The molecule has 0 aliphatic heterocycles. The van der Waals surface area contributed by atoms with Crippen LogP contribution in [0.15, 0.2) is 0 Å². The molecule has 0 amide bonds. The van der Waals surface area contributed by atoms with Crippen LogP contribution in [0.1, 0.15) is 56.6 Å². The van der Waals surface area contributed by atoms with E-state index < -0.39 is 0 Å². The molecule has 21 heavy (non-hydrogen) atoms. The molecule has 0 fully saturated rings. The molecular weight excluding hydrogens is 282 g/mol. The van der Waals surface area contributed by atoms with Gasteiger partial charge in [0.05, 0.1) is 18.3 Å². The number of thiazole rings is 1. The minimum Gasteiger partial charge on any atom is -0.383 e. The summed E-state index contributed by atoms with van der Waals surface area (Å²) in [4.78, 5) is 8.89. The van der Waals surface area contributed by atoms with Gasteiger partial charge in [-0.2, -0.15) is 0 Å². The van der Waals surface area contributed by atoms with E-state index in [1.54, 1.807) is 7.11 Å². The summed E-state index contributed by atoms with van der Waals surface area (Å²) < 4.78 is 5.27. The number of anilines is 1. The van der Waals surface area contributed by atoms with Crippen molar-refractivity contribution in [1.82, 2.24) is 10.3 Å². The molecule has 1 aromatic heterocycles. The fourth-order valence-corrected chi connectivity index (χ4v) is 4.18. The van der Waals surface area contributed by atoms with Gasteiger partial charge in [0.15, 0.2) is 5.13 Å². The van der Waals surface area contributed by atoms with Crippen LogP contribution in [0.2, 0.25) is 0 Å². The van der Waals surface area contributed by atoms with E-state index in [4.69, 9.17) is 9.72 Å². The number of aryl methyl sites for hydroxylation is 1. The molecule has 2 unspecified atom stereocenters. The predicted octanol–water partition coefficient (Wildman–Crippen LogP) is 3.38. The minimum absolute atomic E-state index is 0.449. The third-order valence-corrected chi connectivity index (χ3v) is 5.47. The largest absolute Gasteiger partial charge is 0.383 e. The molecule has 1 aliphatic rings. The summed E-state index contributed by atoms with van der Waals surface area (Å²) in [5, 5.41) is 4.76. The zero-order valence-corrected chi connectivity index (χ0v) is 14.6. The molecule has 0 saturated heterocycles. The lowest BCUT2D eigenvalue weighted by atomic mass is 9.98. The molecule has 0 saturated carbocycles. The second kappa shape index (κ2) is 8.11. The van der Waals surface area contributed by atoms with E-state index in [1.807, 2.05) is 11.3 Å². The number of ether oxygens (including phenoxy) is 1. The van der Waals surface area contributed by atoms with E-state index in [0.717, 1.165) is 26.1 Å². The Bertz CT molecular complexity index is 435. The highest BCUT2D eigenvalue weighted by Crippen LogP contribution is 2.37. The number of nitrogens with one attached hydrogen (secondary N) is 1. The zero-order chi connectivity index (χ0) is 15.2. The molecule has 0 aromatic carbocycles. The van der Waals surface area contributed by atoms with Crippen LogP contribution < -0.4 is 10.2 Å². The number of rotatable bonds is 8.